The number of nitrogens with one attached hydrogen (secondary N) is 1. The van der Waals surface area contributed by atoms with Gasteiger partial charge in [-0.05, 0) is 42.3 Å². The fraction of sp³-hybridized carbons (Fsp3) is 0.200. The van der Waals surface area contributed by atoms with Crippen molar-refractivity contribution in [1.29, 1.82) is 0 Å². The van der Waals surface area contributed by atoms with Crippen LogP contribution in [0.25, 0.3) is 0 Å². The van der Waals surface area contributed by atoms with Crippen LogP contribution in [-0.4, -0.2) is 37.1 Å². The van der Waals surface area contributed by atoms with Gasteiger partial charge in [0.1, 0.15) is 0 Å². The monoisotopic (exact) mass is 486 g/mol. The molecule has 1 heterocycles. The summed E-state index contributed by atoms with van der Waals surface area (Å²) >= 11 is 12.4. The molecule has 1 aliphatic rings. The van der Waals surface area contributed by atoms with Gasteiger partial charge in [0.05, 0.1) is 23.8 Å². The molecule has 2 aromatic rings. The summed E-state index contributed by atoms with van der Waals surface area (Å²) in [6.45, 7) is 1.76. The van der Waals surface area contributed by atoms with Crippen molar-refractivity contribution >= 4 is 46.1 Å². The van der Waals surface area contributed by atoms with Gasteiger partial charge in [-0.3, -0.25) is 13.8 Å². The van der Waals surface area contributed by atoms with E-state index in [1.807, 2.05) is 0 Å². The second-order valence-corrected chi connectivity index (χ2v) is 9.19. The molecule has 11 heteroatoms. The summed E-state index contributed by atoms with van der Waals surface area (Å²) in [5.41, 5.74) is 1.23. The summed E-state index contributed by atoms with van der Waals surface area (Å²) in [6.07, 6.45) is 1.22. The minimum Gasteiger partial charge on any atom is -0.478 e. The van der Waals surface area contributed by atoms with Gasteiger partial charge in [0.25, 0.3) is 0 Å². The van der Waals surface area contributed by atoms with Gasteiger partial charge < -0.3 is 9.84 Å². The zero-order valence-corrected chi connectivity index (χ0v) is 18.6. The van der Waals surface area contributed by atoms with Crippen LogP contribution in [0.3, 0.4) is 0 Å². The van der Waals surface area contributed by atoms with E-state index in [9.17, 15) is 18.7 Å². The highest BCUT2D eigenvalue weighted by atomic mass is 35.5. The van der Waals surface area contributed by atoms with E-state index in [1.54, 1.807) is 31.2 Å². The lowest BCUT2D eigenvalue weighted by molar-refractivity contribution is -0.139. The Morgan fingerprint density at radius 1 is 1.16 bits per heavy atom. The first-order valence-electron chi connectivity index (χ1n) is 9.10. The molecule has 0 fully saturated rings. The minimum atomic E-state index is -3.56. The van der Waals surface area contributed by atoms with Crippen molar-refractivity contribution in [2.75, 3.05) is 6.61 Å². The van der Waals surface area contributed by atoms with E-state index in [0.717, 1.165) is 0 Å². The maximum Gasteiger partial charge on any atom is 0.337 e. The van der Waals surface area contributed by atoms with Gasteiger partial charge in [-0.2, -0.15) is 4.31 Å². The van der Waals surface area contributed by atoms with E-state index in [4.69, 9.17) is 33.0 Å². The predicted octanol–water partition coefficient (Wildman–Crippen LogP) is 4.87. The van der Waals surface area contributed by atoms with E-state index < -0.39 is 28.9 Å². The molecule has 0 radical (unpaired) electrons. The van der Waals surface area contributed by atoms with Crippen molar-refractivity contribution < 1.29 is 28.5 Å². The van der Waals surface area contributed by atoms with Crippen LogP contribution in [0.2, 0.25) is 10.0 Å². The molecule has 8 nitrogen and oxygen atoms in total. The molecule has 0 saturated carbocycles. The average Bonchev–Trinajstić information content (AvgIpc) is 2.70. The molecule has 0 saturated heterocycles. The predicted molar refractivity (Wildman–Crippen MR) is 119 cm³/mol. The summed E-state index contributed by atoms with van der Waals surface area (Å²) in [5, 5.41) is 9.70. The second-order valence-electron chi connectivity index (χ2n) is 6.60. The van der Waals surface area contributed by atoms with Crippen molar-refractivity contribution in [2.45, 2.75) is 19.5 Å². The molecular weight excluding hydrogens is 467 g/mol. The Kier molecular flexibility index (Phi) is 7.15. The SMILES string of the molecule is CCOC(=O)C1=CNS(O)(O)N(Cc2ccc(C(=O)O)cc2)C1c1ccc(Cl)cc1Cl. The summed E-state index contributed by atoms with van der Waals surface area (Å²) in [4.78, 5) is 23.7. The first-order valence-corrected chi connectivity index (χ1v) is 11.4. The number of carbonyl (C=O) groups is 2. The molecule has 31 heavy (non-hydrogen) atoms. The number of aromatic carboxylic acids is 1. The lowest BCUT2D eigenvalue weighted by atomic mass is 9.98. The number of ether oxygens (including phenoxy) is 1. The number of halogens is 2. The molecular formula is C20H20Cl2N2O6S. The molecule has 166 valence electrons. The lowest BCUT2D eigenvalue weighted by Crippen LogP contribution is -2.43. The molecule has 1 aliphatic heterocycles. The standard InChI is InChI=1S/C20H20Cl2N2O6S/c1-2-30-20(27)16-10-23-31(28,29)24(11-12-3-5-13(6-4-12)19(25)26)18(16)15-8-7-14(21)9-17(15)22/h3-10,18,23,28-29H,2,11H2,1H3,(H,25,26). The first kappa shape index (κ1) is 23.4. The van der Waals surface area contributed by atoms with Crippen molar-refractivity contribution in [2.24, 2.45) is 0 Å². The molecule has 4 N–H and O–H groups in total. The Bertz CT molecular complexity index is 1030. The molecule has 2 aromatic carbocycles. The molecule has 0 amide bonds. The average molecular weight is 487 g/mol. The second kappa shape index (κ2) is 9.47. The Labute approximate surface area is 190 Å². The minimum absolute atomic E-state index is 0.0321. The summed E-state index contributed by atoms with van der Waals surface area (Å²) in [7, 11) is -3.56. The number of carboxylic acids is 1. The van der Waals surface area contributed by atoms with Crippen LogP contribution in [0.5, 0.6) is 0 Å². The van der Waals surface area contributed by atoms with Crippen LogP contribution >= 0.6 is 34.2 Å². The van der Waals surface area contributed by atoms with E-state index >= 15 is 0 Å². The highest BCUT2D eigenvalue weighted by Crippen LogP contribution is 2.52. The van der Waals surface area contributed by atoms with Gasteiger partial charge in [-0.25, -0.2) is 9.59 Å². The number of benzene rings is 2. The largest absolute Gasteiger partial charge is 0.478 e. The third kappa shape index (κ3) is 5.15. The molecule has 0 spiro atoms. The smallest absolute Gasteiger partial charge is 0.337 e. The van der Waals surface area contributed by atoms with E-state index in [0.29, 0.717) is 16.1 Å². The summed E-state index contributed by atoms with van der Waals surface area (Å²) in [6, 6.07) is 9.65. The molecule has 1 unspecified atom stereocenters. The quantitative estimate of drug-likeness (QED) is 0.427. The maximum atomic E-state index is 12.6. The Hall–Kier alpha value is -2.27. The number of carbonyl (C=O) groups excluding carboxylic acids is 1. The van der Waals surface area contributed by atoms with Crippen LogP contribution < -0.4 is 4.72 Å². The van der Waals surface area contributed by atoms with Crippen molar-refractivity contribution in [3.8, 4) is 0 Å². The van der Waals surface area contributed by atoms with Crippen molar-refractivity contribution in [1.82, 2.24) is 9.03 Å². The number of hydrogen-bond donors (Lipinski definition) is 4. The number of esters is 1. The number of nitrogens with zero attached hydrogens (tertiary/aromatic N) is 1. The first-order chi connectivity index (χ1) is 14.6. The Morgan fingerprint density at radius 2 is 1.84 bits per heavy atom. The van der Waals surface area contributed by atoms with Crippen LogP contribution in [0.1, 0.15) is 34.5 Å². The van der Waals surface area contributed by atoms with E-state index in [-0.39, 0.29) is 29.3 Å². The van der Waals surface area contributed by atoms with E-state index in [2.05, 4.69) is 4.72 Å². The normalized spacial score (nSPS) is 19.1. The van der Waals surface area contributed by atoms with Gasteiger partial charge in [0.2, 0.25) is 0 Å². The number of hydrogen-bond acceptors (Lipinski definition) is 7. The third-order valence-electron chi connectivity index (χ3n) is 4.59. The Morgan fingerprint density at radius 3 is 2.42 bits per heavy atom. The number of carboxylic acid groups (broad SMARTS) is 1. The molecule has 3 rings (SSSR count). The number of rotatable bonds is 6. The molecule has 1 atom stereocenters. The highest BCUT2D eigenvalue weighted by molar-refractivity contribution is 8.20. The van der Waals surface area contributed by atoms with Gasteiger partial charge in [0.15, 0.2) is 0 Å². The fourth-order valence-corrected chi connectivity index (χ4v) is 4.92. The summed E-state index contributed by atoms with van der Waals surface area (Å²) in [5.74, 6) is -1.72. The topological polar surface area (TPSA) is 119 Å². The van der Waals surface area contributed by atoms with E-state index in [1.165, 1.54) is 28.7 Å². The fourth-order valence-electron chi connectivity index (χ4n) is 3.14. The van der Waals surface area contributed by atoms with Crippen molar-refractivity contribution in [3.05, 3.63) is 81.0 Å². The third-order valence-corrected chi connectivity index (χ3v) is 6.58. The molecule has 0 aliphatic carbocycles. The van der Waals surface area contributed by atoms with Crippen LogP contribution in [0.15, 0.2) is 54.2 Å². The zero-order chi connectivity index (χ0) is 22.8. The van der Waals surface area contributed by atoms with Crippen LogP contribution in [0, 0.1) is 0 Å². The van der Waals surface area contributed by atoms with Crippen LogP contribution in [-0.2, 0) is 16.1 Å². The van der Waals surface area contributed by atoms with Crippen molar-refractivity contribution in [3.63, 3.8) is 0 Å². The van der Waals surface area contributed by atoms with Gasteiger partial charge in [-0.1, -0.05) is 52.4 Å². The van der Waals surface area contributed by atoms with Crippen LogP contribution in [0.4, 0.5) is 0 Å². The maximum absolute atomic E-state index is 12.6. The van der Waals surface area contributed by atoms with Gasteiger partial charge in [-0.15, -0.1) is 0 Å². The zero-order valence-electron chi connectivity index (χ0n) is 16.3. The molecule has 0 aromatic heterocycles. The van der Waals surface area contributed by atoms with Gasteiger partial charge in [0, 0.05) is 22.8 Å². The summed E-state index contributed by atoms with van der Waals surface area (Å²) < 4.78 is 30.4. The molecule has 0 bridgehead atoms. The highest BCUT2D eigenvalue weighted by Gasteiger charge is 2.41. The Balaban J connectivity index is 2.08. The lowest BCUT2D eigenvalue weighted by Gasteiger charge is -2.49. The van der Waals surface area contributed by atoms with Gasteiger partial charge >= 0.3 is 11.9 Å².